The van der Waals surface area contributed by atoms with E-state index in [0.717, 1.165) is 57.6 Å². The van der Waals surface area contributed by atoms with Crippen LogP contribution in [-0.2, 0) is 0 Å². The van der Waals surface area contributed by atoms with Crippen molar-refractivity contribution >= 4 is 0 Å². The first-order valence-corrected chi connectivity index (χ1v) is 11.3. The van der Waals surface area contributed by atoms with Gasteiger partial charge in [-0.1, -0.05) is 19.6 Å². The van der Waals surface area contributed by atoms with Crippen LogP contribution in [0.4, 0.5) is 4.39 Å². The van der Waals surface area contributed by atoms with Gasteiger partial charge in [0.1, 0.15) is 17.7 Å². The smallest absolute Gasteiger partial charge is 0.124 e. The maximum atomic E-state index is 12.2. The maximum Gasteiger partial charge on any atom is 0.124 e. The molecule has 0 saturated carbocycles. The lowest BCUT2D eigenvalue weighted by Crippen LogP contribution is -2.35. The zero-order valence-corrected chi connectivity index (χ0v) is 19.5. The van der Waals surface area contributed by atoms with Gasteiger partial charge in [-0.05, 0) is 76.2 Å². The largest absolute Gasteiger partial charge is 0.490 e. The van der Waals surface area contributed by atoms with E-state index in [2.05, 4.69) is 30.0 Å². The molecule has 184 valence electrons. The van der Waals surface area contributed by atoms with Gasteiger partial charge in [0, 0.05) is 26.2 Å². The monoisotopic (exact) mass is 468 g/mol. The summed E-state index contributed by atoms with van der Waals surface area (Å²) in [5, 5.41) is 26.0. The first kappa shape index (κ1) is 29.1. The molecule has 2 aromatic rings. The number of hydrogen-bond acceptors (Lipinski definition) is 6. The Morgan fingerprint density at radius 2 is 1.35 bits per heavy atom. The van der Waals surface area contributed by atoms with Crippen molar-refractivity contribution in [1.29, 1.82) is 10.5 Å². The molecule has 0 bridgehead atoms. The molecule has 0 atom stereocenters. The number of nitrogens with zero attached hydrogens (tertiary/aromatic N) is 4. The third kappa shape index (κ3) is 11.2. The Hall–Kier alpha value is -2.97. The van der Waals surface area contributed by atoms with Gasteiger partial charge >= 0.3 is 0 Å². The molecule has 0 aromatic heterocycles. The second kappa shape index (κ2) is 15.8. The summed E-state index contributed by atoms with van der Waals surface area (Å²) in [5.74, 6) is 0.447. The fourth-order valence-corrected chi connectivity index (χ4v) is 3.49. The van der Waals surface area contributed by atoms with Crippen LogP contribution >= 0.6 is 0 Å². The van der Waals surface area contributed by atoms with Crippen LogP contribution < -0.4 is 4.74 Å². The highest BCUT2D eigenvalue weighted by Crippen LogP contribution is 2.19. The Morgan fingerprint density at radius 1 is 0.853 bits per heavy atom. The summed E-state index contributed by atoms with van der Waals surface area (Å²) in [6.07, 6.45) is 4.31. The number of rotatable bonds is 2. The molecule has 0 amide bonds. The van der Waals surface area contributed by atoms with Crippen LogP contribution in [0.3, 0.4) is 0 Å². The van der Waals surface area contributed by atoms with Crippen LogP contribution in [-0.4, -0.2) is 67.4 Å². The zero-order valence-electron chi connectivity index (χ0n) is 19.5. The third-order valence-electron chi connectivity index (χ3n) is 5.57. The normalized spacial score (nSPS) is 16.9. The van der Waals surface area contributed by atoms with E-state index in [1.54, 1.807) is 18.2 Å². The number of hydrogen-bond donors (Lipinski definition) is 1. The second-order valence-corrected chi connectivity index (χ2v) is 8.42. The van der Waals surface area contributed by atoms with Crippen molar-refractivity contribution in [2.24, 2.45) is 0 Å². The Balaban J connectivity index is 0.000000274. The van der Waals surface area contributed by atoms with Gasteiger partial charge in [0.2, 0.25) is 0 Å². The van der Waals surface area contributed by atoms with Gasteiger partial charge in [-0.3, -0.25) is 0 Å². The predicted octanol–water partition coefficient (Wildman–Crippen LogP) is 4.44. The Bertz CT molecular complexity index is 915. The molecule has 2 saturated heterocycles. The number of piperidine rings is 2. The van der Waals surface area contributed by atoms with Crippen LogP contribution in [0.15, 0.2) is 48.5 Å². The van der Waals surface area contributed by atoms with Gasteiger partial charge in [-0.15, -0.1) is 0 Å². The number of aliphatic hydroxyl groups is 1. The van der Waals surface area contributed by atoms with Crippen molar-refractivity contribution in [1.82, 2.24) is 9.80 Å². The molecule has 1 N–H and O–H groups in total. The highest BCUT2D eigenvalue weighted by molar-refractivity contribution is 5.36. The van der Waals surface area contributed by atoms with Gasteiger partial charge in [0.05, 0.1) is 29.4 Å². The first-order valence-electron chi connectivity index (χ1n) is 11.3. The summed E-state index contributed by atoms with van der Waals surface area (Å²) >= 11 is 0. The third-order valence-corrected chi connectivity index (χ3v) is 5.57. The molecule has 0 spiro atoms. The molecule has 0 aliphatic carbocycles. The molecule has 34 heavy (non-hydrogen) atoms. The molecule has 4 rings (SSSR count). The molecule has 2 heterocycles. The molecule has 0 unspecified atom stereocenters. The van der Waals surface area contributed by atoms with Crippen molar-refractivity contribution in [2.45, 2.75) is 45.3 Å². The summed E-state index contributed by atoms with van der Waals surface area (Å²) in [7, 11) is 4.22. The van der Waals surface area contributed by atoms with Crippen LogP contribution in [0.1, 0.15) is 44.2 Å². The van der Waals surface area contributed by atoms with Gasteiger partial charge in [-0.2, -0.15) is 10.5 Å². The SMILES string of the molecule is C.CN1CCC(O)CC1.CN1CCC(Oc2cccc(C#N)c2)CC1.N#Cc1cccc(F)c1. The zero-order chi connectivity index (χ0) is 24.1. The predicted molar refractivity (Wildman–Crippen MR) is 133 cm³/mol. The van der Waals surface area contributed by atoms with Gasteiger partial charge in [-0.25, -0.2) is 4.39 Å². The Kier molecular flexibility index (Phi) is 13.5. The quantitative estimate of drug-likeness (QED) is 0.702. The van der Waals surface area contributed by atoms with Gasteiger partial charge in [0.15, 0.2) is 0 Å². The van der Waals surface area contributed by atoms with E-state index in [4.69, 9.17) is 20.4 Å². The van der Waals surface area contributed by atoms with E-state index in [9.17, 15) is 4.39 Å². The van der Waals surface area contributed by atoms with Crippen molar-refractivity contribution in [3.05, 3.63) is 65.5 Å². The maximum absolute atomic E-state index is 12.2. The molecule has 2 aliphatic rings. The number of aliphatic hydroxyl groups excluding tert-OH is 1. The minimum absolute atomic E-state index is 0. The minimum Gasteiger partial charge on any atom is -0.490 e. The average Bonchev–Trinajstić information content (AvgIpc) is 2.83. The molecule has 0 radical (unpaired) electrons. The topological polar surface area (TPSA) is 83.5 Å². The van der Waals surface area contributed by atoms with Gasteiger partial charge < -0.3 is 19.6 Å². The van der Waals surface area contributed by atoms with E-state index in [1.165, 1.54) is 18.2 Å². The lowest BCUT2D eigenvalue weighted by atomic mass is 10.1. The number of benzene rings is 2. The summed E-state index contributed by atoms with van der Waals surface area (Å²) in [5.41, 5.74) is 1.01. The lowest BCUT2D eigenvalue weighted by molar-refractivity contribution is 0.0942. The average molecular weight is 469 g/mol. The summed E-state index contributed by atoms with van der Waals surface area (Å²) in [6, 6.07) is 16.9. The van der Waals surface area contributed by atoms with Crippen LogP contribution in [0.25, 0.3) is 0 Å². The van der Waals surface area contributed by atoms with Crippen molar-refractivity contribution in [3.8, 4) is 17.9 Å². The standard InChI is InChI=1S/C13H16N2O.C7H4FN.C6H13NO.CH4/c1-15-7-5-12(6-8-15)16-13-4-2-3-11(9-13)10-14;8-7-3-1-2-6(4-7)5-9;1-7-4-2-6(8)3-5-7;/h2-4,9,12H,5-8H2,1H3;1-4H;6,8H,2-5H2,1H3;1H4. The number of ether oxygens (including phenoxy) is 1. The Morgan fingerprint density at radius 3 is 1.82 bits per heavy atom. The highest BCUT2D eigenvalue weighted by atomic mass is 19.1. The molecule has 2 aliphatic heterocycles. The highest BCUT2D eigenvalue weighted by Gasteiger charge is 2.18. The van der Waals surface area contributed by atoms with E-state index in [1.807, 2.05) is 18.2 Å². The fraction of sp³-hybridized carbons (Fsp3) is 0.481. The molecule has 2 fully saturated rings. The number of halogens is 1. The van der Waals surface area contributed by atoms with Crippen LogP contribution in [0, 0.1) is 28.5 Å². The fourth-order valence-electron chi connectivity index (χ4n) is 3.49. The molecule has 7 heteroatoms. The van der Waals surface area contributed by atoms with Gasteiger partial charge in [0.25, 0.3) is 0 Å². The summed E-state index contributed by atoms with van der Waals surface area (Å²) in [4.78, 5) is 4.55. The van der Waals surface area contributed by atoms with Crippen molar-refractivity contribution < 1.29 is 14.2 Å². The summed E-state index contributed by atoms with van der Waals surface area (Å²) in [6.45, 7) is 4.29. The summed E-state index contributed by atoms with van der Waals surface area (Å²) < 4.78 is 18.1. The minimum atomic E-state index is -0.367. The van der Waals surface area contributed by atoms with Crippen LogP contribution in [0.2, 0.25) is 0 Å². The van der Waals surface area contributed by atoms with Crippen molar-refractivity contribution in [2.75, 3.05) is 40.3 Å². The second-order valence-electron chi connectivity index (χ2n) is 8.42. The van der Waals surface area contributed by atoms with E-state index >= 15 is 0 Å². The number of likely N-dealkylation sites (tertiary alicyclic amines) is 2. The van der Waals surface area contributed by atoms with Crippen LogP contribution in [0.5, 0.6) is 5.75 Å². The number of nitriles is 2. The molecule has 6 nitrogen and oxygen atoms in total. The Labute approximate surface area is 203 Å². The first-order chi connectivity index (χ1) is 15.9. The molecule has 2 aromatic carbocycles. The lowest BCUT2D eigenvalue weighted by Gasteiger charge is -2.29. The van der Waals surface area contributed by atoms with E-state index in [0.29, 0.717) is 17.2 Å². The molecular formula is C27H37FN4O2. The van der Waals surface area contributed by atoms with Crippen molar-refractivity contribution in [3.63, 3.8) is 0 Å². The molecular weight excluding hydrogens is 431 g/mol. The van der Waals surface area contributed by atoms with E-state index in [-0.39, 0.29) is 19.3 Å². The van der Waals surface area contributed by atoms with E-state index < -0.39 is 0 Å².